The molecule has 0 aliphatic heterocycles. The number of rotatable bonds is 4. The van der Waals surface area contributed by atoms with E-state index in [0.29, 0.717) is 12.2 Å². The number of carbonyl (C=O) groups excluding carboxylic acids is 1. The van der Waals surface area contributed by atoms with E-state index in [1.54, 1.807) is 30.3 Å². The van der Waals surface area contributed by atoms with Gasteiger partial charge >= 0.3 is 5.97 Å². The molecule has 0 radical (unpaired) electrons. The highest BCUT2D eigenvalue weighted by atomic mass is 16.4. The van der Waals surface area contributed by atoms with Gasteiger partial charge in [-0.3, -0.25) is 9.59 Å². The molecule has 0 saturated heterocycles. The zero-order chi connectivity index (χ0) is 13.1. The number of aliphatic carboxylic acids is 1. The van der Waals surface area contributed by atoms with Crippen molar-refractivity contribution < 1.29 is 19.8 Å². The Bertz CT molecular complexity index is 336. The number of nitrogens with one attached hydrogen (secondary N) is 1. The lowest BCUT2D eigenvalue weighted by atomic mass is 10.2. The zero-order valence-corrected chi connectivity index (χ0v) is 9.72. The molecule has 0 heterocycles. The van der Waals surface area contributed by atoms with Crippen molar-refractivity contribution in [1.82, 2.24) is 5.32 Å². The molecule has 94 valence electrons. The average Bonchev–Trinajstić information content (AvgIpc) is 2.37. The van der Waals surface area contributed by atoms with Crippen molar-refractivity contribution in [2.45, 2.75) is 13.3 Å². The fourth-order valence-corrected chi connectivity index (χ4v) is 0.847. The molecule has 3 N–H and O–H groups in total. The third-order valence-electron chi connectivity index (χ3n) is 1.66. The van der Waals surface area contributed by atoms with Crippen molar-refractivity contribution in [3.05, 3.63) is 35.9 Å². The molecule has 0 spiro atoms. The van der Waals surface area contributed by atoms with E-state index in [-0.39, 0.29) is 12.5 Å². The van der Waals surface area contributed by atoms with E-state index >= 15 is 0 Å². The van der Waals surface area contributed by atoms with Crippen LogP contribution < -0.4 is 5.32 Å². The van der Waals surface area contributed by atoms with Crippen molar-refractivity contribution in [2.24, 2.45) is 0 Å². The quantitative estimate of drug-likeness (QED) is 0.728. The van der Waals surface area contributed by atoms with Crippen molar-refractivity contribution >= 4 is 11.9 Å². The first-order valence-corrected chi connectivity index (χ1v) is 5.27. The Hall–Kier alpha value is -1.88. The van der Waals surface area contributed by atoms with Crippen molar-refractivity contribution in [3.63, 3.8) is 0 Å². The summed E-state index contributed by atoms with van der Waals surface area (Å²) in [4.78, 5) is 21.3. The smallest absolute Gasteiger partial charge is 0.322 e. The second kappa shape index (κ2) is 9.35. The summed E-state index contributed by atoms with van der Waals surface area (Å²) in [6.07, 6.45) is 0.875. The normalized spacial score (nSPS) is 8.82. The molecule has 1 rings (SSSR count). The maximum atomic E-state index is 11.2. The summed E-state index contributed by atoms with van der Waals surface area (Å²) in [5, 5.41) is 18.4. The molecule has 1 aromatic carbocycles. The summed E-state index contributed by atoms with van der Waals surface area (Å²) < 4.78 is 0. The molecule has 17 heavy (non-hydrogen) atoms. The monoisotopic (exact) mass is 239 g/mol. The Balaban J connectivity index is 0.000000557. The molecule has 0 unspecified atom stereocenters. The second-order valence-corrected chi connectivity index (χ2v) is 3.17. The van der Waals surface area contributed by atoms with Crippen LogP contribution in [0.3, 0.4) is 0 Å². The highest BCUT2D eigenvalue weighted by molar-refractivity contribution is 5.95. The summed E-state index contributed by atoms with van der Waals surface area (Å²) in [5.41, 5.74) is 0.462. The van der Waals surface area contributed by atoms with Crippen molar-refractivity contribution in [2.75, 3.05) is 13.2 Å². The number of hydrogen-bond acceptors (Lipinski definition) is 3. The van der Waals surface area contributed by atoms with Crippen LogP contribution in [-0.2, 0) is 4.79 Å². The number of aliphatic hydroxyl groups excluding tert-OH is 1. The van der Waals surface area contributed by atoms with Crippen molar-refractivity contribution in [1.29, 1.82) is 0 Å². The predicted octanol–water partition coefficient (Wildman–Crippen LogP) is 0.890. The topological polar surface area (TPSA) is 86.6 Å². The Morgan fingerprint density at radius 3 is 2.18 bits per heavy atom. The zero-order valence-electron chi connectivity index (χ0n) is 9.72. The highest BCUT2D eigenvalue weighted by Gasteiger charge is 2.04. The fraction of sp³-hybridized carbons (Fsp3) is 0.333. The molecule has 1 amide bonds. The number of benzene rings is 1. The SMILES string of the molecule is CCCO.O=C(O)CNC(=O)c1ccccc1. The van der Waals surface area contributed by atoms with Crippen LogP contribution in [0.4, 0.5) is 0 Å². The minimum atomic E-state index is -1.05. The molecule has 1 aromatic rings. The van der Waals surface area contributed by atoms with Crippen LogP contribution in [-0.4, -0.2) is 35.2 Å². The minimum Gasteiger partial charge on any atom is -0.480 e. The van der Waals surface area contributed by atoms with Crippen LogP contribution in [0.5, 0.6) is 0 Å². The Morgan fingerprint density at radius 2 is 1.76 bits per heavy atom. The van der Waals surface area contributed by atoms with E-state index in [9.17, 15) is 9.59 Å². The summed E-state index contributed by atoms with van der Waals surface area (Å²) in [7, 11) is 0. The Kier molecular flexibility index (Phi) is 8.32. The largest absolute Gasteiger partial charge is 0.480 e. The van der Waals surface area contributed by atoms with E-state index in [1.807, 2.05) is 6.92 Å². The molecule has 0 atom stereocenters. The molecule has 0 saturated carbocycles. The number of amides is 1. The Morgan fingerprint density at radius 1 is 1.24 bits per heavy atom. The predicted molar refractivity (Wildman–Crippen MR) is 63.8 cm³/mol. The third kappa shape index (κ3) is 7.98. The lowest BCUT2D eigenvalue weighted by Crippen LogP contribution is -2.29. The molecular formula is C12H17NO4. The number of carboxylic acid groups (broad SMARTS) is 1. The maximum Gasteiger partial charge on any atom is 0.322 e. The minimum absolute atomic E-state index is 0.319. The van der Waals surface area contributed by atoms with Gasteiger partial charge in [0.25, 0.3) is 5.91 Å². The van der Waals surface area contributed by atoms with E-state index in [0.717, 1.165) is 6.42 Å². The number of aliphatic hydroxyl groups is 1. The van der Waals surface area contributed by atoms with Gasteiger partial charge in [0.05, 0.1) is 0 Å². The van der Waals surface area contributed by atoms with Crippen LogP contribution in [0.1, 0.15) is 23.7 Å². The number of hydrogen-bond donors (Lipinski definition) is 3. The first-order valence-electron chi connectivity index (χ1n) is 5.27. The lowest BCUT2D eigenvalue weighted by Gasteiger charge is -2.00. The molecule has 5 nitrogen and oxygen atoms in total. The van der Waals surface area contributed by atoms with Gasteiger partial charge in [0.2, 0.25) is 0 Å². The van der Waals surface area contributed by atoms with Crippen LogP contribution in [0.2, 0.25) is 0 Å². The lowest BCUT2D eigenvalue weighted by molar-refractivity contribution is -0.135. The number of carbonyl (C=O) groups is 2. The van der Waals surface area contributed by atoms with E-state index < -0.39 is 5.97 Å². The van der Waals surface area contributed by atoms with Crippen LogP contribution in [0.15, 0.2) is 30.3 Å². The molecular weight excluding hydrogens is 222 g/mol. The Labute approximate surface area is 100 Å². The van der Waals surface area contributed by atoms with Gasteiger partial charge in [-0.05, 0) is 18.6 Å². The molecule has 5 heteroatoms. The summed E-state index contributed by atoms with van der Waals surface area (Å²) in [6, 6.07) is 8.47. The molecule has 0 fully saturated rings. The van der Waals surface area contributed by atoms with Gasteiger partial charge < -0.3 is 15.5 Å². The fourth-order valence-electron chi connectivity index (χ4n) is 0.847. The van der Waals surface area contributed by atoms with Gasteiger partial charge in [-0.2, -0.15) is 0 Å². The molecule has 0 bridgehead atoms. The van der Waals surface area contributed by atoms with Crippen LogP contribution in [0.25, 0.3) is 0 Å². The highest BCUT2D eigenvalue weighted by Crippen LogP contribution is 1.96. The van der Waals surface area contributed by atoms with E-state index in [1.165, 1.54) is 0 Å². The summed E-state index contributed by atoms with van der Waals surface area (Å²) in [6.45, 7) is 1.90. The van der Waals surface area contributed by atoms with Crippen LogP contribution >= 0.6 is 0 Å². The van der Waals surface area contributed by atoms with Crippen molar-refractivity contribution in [3.8, 4) is 0 Å². The first kappa shape index (κ1) is 15.1. The standard InChI is InChI=1S/C9H9NO3.C3H8O/c11-8(12)6-10-9(13)7-4-2-1-3-5-7;1-2-3-4/h1-5H,6H2,(H,10,13)(H,11,12);4H,2-3H2,1H3. The summed E-state index contributed by atoms with van der Waals surface area (Å²) >= 11 is 0. The second-order valence-electron chi connectivity index (χ2n) is 3.17. The first-order chi connectivity index (χ1) is 8.11. The average molecular weight is 239 g/mol. The molecule has 0 aliphatic carbocycles. The van der Waals surface area contributed by atoms with Gasteiger partial charge in [-0.25, -0.2) is 0 Å². The van der Waals surface area contributed by atoms with Gasteiger partial charge in [0, 0.05) is 12.2 Å². The third-order valence-corrected chi connectivity index (χ3v) is 1.66. The number of carboxylic acids is 1. The van der Waals surface area contributed by atoms with E-state index in [4.69, 9.17) is 10.2 Å². The molecule has 0 aromatic heterocycles. The van der Waals surface area contributed by atoms with Gasteiger partial charge in [-0.1, -0.05) is 25.1 Å². The van der Waals surface area contributed by atoms with Gasteiger partial charge in [-0.15, -0.1) is 0 Å². The maximum absolute atomic E-state index is 11.2. The van der Waals surface area contributed by atoms with E-state index in [2.05, 4.69) is 5.32 Å². The van der Waals surface area contributed by atoms with Crippen LogP contribution in [0, 0.1) is 0 Å². The van der Waals surface area contributed by atoms with Gasteiger partial charge in [0.1, 0.15) is 6.54 Å². The molecule has 0 aliphatic rings. The summed E-state index contributed by atoms with van der Waals surface area (Å²) in [5.74, 6) is -1.42. The van der Waals surface area contributed by atoms with Gasteiger partial charge in [0.15, 0.2) is 0 Å².